The lowest BCUT2D eigenvalue weighted by atomic mass is 10.00. The monoisotopic (exact) mass is 291 g/mol. The molecule has 0 spiro atoms. The number of hydrogen-bond donors (Lipinski definition) is 0. The first-order valence-corrected chi connectivity index (χ1v) is 7.45. The van der Waals surface area contributed by atoms with E-state index in [2.05, 4.69) is 39.1 Å². The van der Waals surface area contributed by atoms with Crippen LogP contribution < -0.4 is 9.64 Å². The van der Waals surface area contributed by atoms with E-state index < -0.39 is 0 Å². The van der Waals surface area contributed by atoms with E-state index in [1.165, 1.54) is 11.1 Å². The average molecular weight is 291 g/mol. The third-order valence-corrected chi connectivity index (χ3v) is 4.25. The van der Waals surface area contributed by atoms with Gasteiger partial charge in [0.1, 0.15) is 17.9 Å². The average Bonchev–Trinajstić information content (AvgIpc) is 2.60. The minimum absolute atomic E-state index is 0.834. The first-order valence-electron chi connectivity index (χ1n) is 7.45. The van der Waals surface area contributed by atoms with Crippen LogP contribution >= 0.6 is 0 Å². The van der Waals surface area contributed by atoms with E-state index in [9.17, 15) is 0 Å². The molecule has 0 aliphatic carbocycles. The van der Waals surface area contributed by atoms with Crippen LogP contribution in [0.2, 0.25) is 0 Å². The van der Waals surface area contributed by atoms with Gasteiger partial charge >= 0.3 is 0 Å². The van der Waals surface area contributed by atoms with Gasteiger partial charge in [0.05, 0.1) is 12.6 Å². The molecule has 2 aromatic carbocycles. The number of aromatic nitrogens is 2. The van der Waals surface area contributed by atoms with Gasteiger partial charge in [0.25, 0.3) is 0 Å². The predicted octanol–water partition coefficient (Wildman–Crippen LogP) is 3.20. The molecule has 0 unspecified atom stereocenters. The molecule has 110 valence electrons. The van der Waals surface area contributed by atoms with Crippen LogP contribution in [0.3, 0.4) is 0 Å². The summed E-state index contributed by atoms with van der Waals surface area (Å²) in [6.45, 7) is 1.86. The van der Waals surface area contributed by atoms with Gasteiger partial charge in [-0.15, -0.1) is 0 Å². The van der Waals surface area contributed by atoms with Gasteiger partial charge in [-0.1, -0.05) is 24.3 Å². The van der Waals surface area contributed by atoms with Crippen LogP contribution in [0.4, 0.5) is 5.82 Å². The number of fused-ring (bicyclic) bond motifs is 2. The van der Waals surface area contributed by atoms with Gasteiger partial charge in [0.2, 0.25) is 0 Å². The van der Waals surface area contributed by atoms with Crippen LogP contribution in [0.15, 0.2) is 48.8 Å². The molecule has 4 nitrogen and oxygen atoms in total. The first kappa shape index (κ1) is 13.1. The molecule has 0 saturated heterocycles. The smallest absolute Gasteiger partial charge is 0.140 e. The van der Waals surface area contributed by atoms with Gasteiger partial charge in [-0.05, 0) is 35.7 Å². The van der Waals surface area contributed by atoms with Gasteiger partial charge in [-0.25, -0.2) is 9.97 Å². The van der Waals surface area contributed by atoms with Crippen molar-refractivity contribution in [1.82, 2.24) is 9.97 Å². The molecule has 0 radical (unpaired) electrons. The van der Waals surface area contributed by atoms with Crippen molar-refractivity contribution < 1.29 is 4.74 Å². The maximum atomic E-state index is 5.35. The summed E-state index contributed by atoms with van der Waals surface area (Å²) in [7, 11) is 1.68. The lowest BCUT2D eigenvalue weighted by molar-refractivity contribution is 0.415. The predicted molar refractivity (Wildman–Crippen MR) is 87.3 cm³/mol. The number of rotatable bonds is 2. The number of nitrogens with zero attached hydrogens (tertiary/aromatic N) is 3. The fraction of sp³-hybridized carbons (Fsp3) is 0.222. The van der Waals surface area contributed by atoms with E-state index in [1.807, 2.05) is 18.2 Å². The Balaban J connectivity index is 1.78. The molecule has 0 saturated carbocycles. The summed E-state index contributed by atoms with van der Waals surface area (Å²) in [6, 6.07) is 14.6. The second-order valence-electron chi connectivity index (χ2n) is 5.52. The van der Waals surface area contributed by atoms with E-state index in [1.54, 1.807) is 13.4 Å². The fourth-order valence-corrected chi connectivity index (χ4v) is 3.08. The summed E-state index contributed by atoms with van der Waals surface area (Å²) < 4.78 is 5.35. The molecule has 0 amide bonds. The van der Waals surface area contributed by atoms with E-state index in [-0.39, 0.29) is 0 Å². The molecule has 1 aromatic heterocycles. The van der Waals surface area contributed by atoms with Crippen LogP contribution in [0.25, 0.3) is 10.9 Å². The second kappa shape index (κ2) is 5.30. The Bertz CT molecular complexity index is 831. The van der Waals surface area contributed by atoms with E-state index in [4.69, 9.17) is 4.74 Å². The summed E-state index contributed by atoms with van der Waals surface area (Å²) in [4.78, 5) is 11.2. The quantitative estimate of drug-likeness (QED) is 0.727. The Morgan fingerprint density at radius 3 is 2.77 bits per heavy atom. The molecule has 0 bridgehead atoms. The number of hydrogen-bond acceptors (Lipinski definition) is 4. The molecule has 4 rings (SSSR count). The number of ether oxygens (including phenoxy) is 1. The van der Waals surface area contributed by atoms with Crippen LogP contribution in [0, 0.1) is 0 Å². The molecular weight excluding hydrogens is 274 g/mol. The van der Waals surface area contributed by atoms with E-state index in [0.29, 0.717) is 0 Å². The van der Waals surface area contributed by atoms with Crippen molar-refractivity contribution in [2.45, 2.75) is 13.0 Å². The van der Waals surface area contributed by atoms with E-state index in [0.717, 1.165) is 42.0 Å². The third kappa shape index (κ3) is 2.17. The minimum atomic E-state index is 0.834. The van der Waals surface area contributed by atoms with Crippen LogP contribution in [-0.4, -0.2) is 23.6 Å². The molecule has 0 fully saturated rings. The van der Waals surface area contributed by atoms with Crippen molar-refractivity contribution in [2.24, 2.45) is 0 Å². The molecular formula is C18H17N3O. The standard InChI is InChI=1S/C18H17N3O/c1-22-15-6-7-17-16(10-15)18(20-12-19-17)21-9-8-13-4-2-3-5-14(13)11-21/h2-7,10,12H,8-9,11H2,1H3. The molecule has 22 heavy (non-hydrogen) atoms. The van der Waals surface area contributed by atoms with Gasteiger partial charge in [-0.2, -0.15) is 0 Å². The topological polar surface area (TPSA) is 38.3 Å². The highest BCUT2D eigenvalue weighted by atomic mass is 16.5. The Labute approximate surface area is 129 Å². The highest BCUT2D eigenvalue weighted by Crippen LogP contribution is 2.30. The summed E-state index contributed by atoms with van der Waals surface area (Å²) in [6.07, 6.45) is 2.69. The second-order valence-corrected chi connectivity index (χ2v) is 5.52. The van der Waals surface area contributed by atoms with Crippen LogP contribution in [0.5, 0.6) is 5.75 Å². The lowest BCUT2D eigenvalue weighted by Gasteiger charge is -2.30. The third-order valence-electron chi connectivity index (χ3n) is 4.25. The van der Waals surface area contributed by atoms with Crippen LogP contribution in [0.1, 0.15) is 11.1 Å². The van der Waals surface area contributed by atoms with Gasteiger partial charge in [-0.3, -0.25) is 0 Å². The van der Waals surface area contributed by atoms with Crippen LogP contribution in [-0.2, 0) is 13.0 Å². The Kier molecular flexibility index (Phi) is 3.15. The largest absolute Gasteiger partial charge is 0.497 e. The number of anilines is 1. The summed E-state index contributed by atoms with van der Waals surface area (Å²) >= 11 is 0. The zero-order valence-corrected chi connectivity index (χ0v) is 12.5. The SMILES string of the molecule is COc1ccc2ncnc(N3CCc4ccccc4C3)c2c1. The van der Waals surface area contributed by atoms with Crippen molar-refractivity contribution in [2.75, 3.05) is 18.6 Å². The number of benzene rings is 2. The van der Waals surface area contributed by atoms with Crippen molar-refractivity contribution >= 4 is 16.7 Å². The Hall–Kier alpha value is -2.62. The fourth-order valence-electron chi connectivity index (χ4n) is 3.08. The van der Waals surface area contributed by atoms with Crippen molar-refractivity contribution in [3.63, 3.8) is 0 Å². The van der Waals surface area contributed by atoms with E-state index >= 15 is 0 Å². The lowest BCUT2D eigenvalue weighted by Crippen LogP contribution is -2.31. The maximum absolute atomic E-state index is 5.35. The van der Waals surface area contributed by atoms with Crippen molar-refractivity contribution in [1.29, 1.82) is 0 Å². The molecule has 3 aromatic rings. The maximum Gasteiger partial charge on any atom is 0.140 e. The van der Waals surface area contributed by atoms with Gasteiger partial charge < -0.3 is 9.64 Å². The molecule has 4 heteroatoms. The highest BCUT2D eigenvalue weighted by molar-refractivity contribution is 5.90. The molecule has 1 aliphatic rings. The normalized spacial score (nSPS) is 14.0. The molecule has 1 aliphatic heterocycles. The zero-order valence-electron chi connectivity index (χ0n) is 12.5. The molecule has 2 heterocycles. The van der Waals surface area contributed by atoms with Gasteiger partial charge in [0, 0.05) is 18.5 Å². The highest BCUT2D eigenvalue weighted by Gasteiger charge is 2.19. The van der Waals surface area contributed by atoms with Gasteiger partial charge in [0.15, 0.2) is 0 Å². The minimum Gasteiger partial charge on any atom is -0.497 e. The molecule has 0 N–H and O–H groups in total. The summed E-state index contributed by atoms with van der Waals surface area (Å²) in [5.74, 6) is 1.82. The number of methoxy groups -OCH3 is 1. The first-order chi connectivity index (χ1) is 10.8. The molecule has 0 atom stereocenters. The summed E-state index contributed by atoms with van der Waals surface area (Å²) in [5, 5.41) is 1.04. The van der Waals surface area contributed by atoms with Crippen molar-refractivity contribution in [3.8, 4) is 5.75 Å². The van der Waals surface area contributed by atoms with Crippen molar-refractivity contribution in [3.05, 3.63) is 59.9 Å². The Morgan fingerprint density at radius 1 is 1.05 bits per heavy atom. The summed E-state index contributed by atoms with van der Waals surface area (Å²) in [5.41, 5.74) is 3.77. The Morgan fingerprint density at radius 2 is 1.91 bits per heavy atom. The zero-order chi connectivity index (χ0) is 14.9.